The number of hydrogen-bond donors (Lipinski definition) is 1. The van der Waals surface area contributed by atoms with Gasteiger partial charge in [0.2, 0.25) is 19.9 Å². The van der Waals surface area contributed by atoms with Crippen LogP contribution >= 0.6 is 11.6 Å². The van der Waals surface area contributed by atoms with Crippen LogP contribution in [0.2, 0.25) is 5.02 Å². The highest BCUT2D eigenvalue weighted by Gasteiger charge is 2.31. The second-order valence-electron chi connectivity index (χ2n) is 7.15. The summed E-state index contributed by atoms with van der Waals surface area (Å²) in [4.78, 5) is 3.26. The Morgan fingerprint density at radius 1 is 1.00 bits per heavy atom. The number of pyridine rings is 1. The smallest absolute Gasteiger partial charge is 0.242 e. The van der Waals surface area contributed by atoms with Gasteiger partial charge in [-0.1, -0.05) is 17.7 Å². The summed E-state index contributed by atoms with van der Waals surface area (Å²) in [5.74, 6) is -0.676. The van der Waals surface area contributed by atoms with Crippen LogP contribution in [0.4, 0.5) is 4.39 Å². The third-order valence-electron chi connectivity index (χ3n) is 5.13. The minimum atomic E-state index is -4.12. The number of nitrogens with one attached hydrogen (secondary N) is 1. The van der Waals surface area contributed by atoms with E-state index in [9.17, 15) is 21.2 Å². The lowest BCUT2D eigenvalue weighted by atomic mass is 10.0. The molecule has 4 rings (SSSR count). The fraction of sp³-hybridized carbons (Fsp3) is 0.190. The van der Waals surface area contributed by atoms with E-state index in [1.807, 2.05) is 0 Å². The number of sulfonamides is 1. The summed E-state index contributed by atoms with van der Waals surface area (Å²) in [6.45, 7) is 0.0978. The first-order valence-electron chi connectivity index (χ1n) is 9.43. The molecule has 0 atom stereocenters. The van der Waals surface area contributed by atoms with Crippen molar-refractivity contribution in [2.75, 3.05) is 6.54 Å². The second-order valence-corrected chi connectivity index (χ2v) is 11.2. The summed E-state index contributed by atoms with van der Waals surface area (Å²) in [7, 11) is -8.20. The van der Waals surface area contributed by atoms with Gasteiger partial charge in [0.25, 0.3) is 0 Å². The van der Waals surface area contributed by atoms with Gasteiger partial charge in [0.15, 0.2) is 0 Å². The highest BCUT2D eigenvalue weighted by atomic mass is 35.5. The van der Waals surface area contributed by atoms with Crippen LogP contribution in [-0.4, -0.2) is 28.4 Å². The van der Waals surface area contributed by atoms with E-state index in [2.05, 4.69) is 9.71 Å². The maximum atomic E-state index is 13.8. The minimum Gasteiger partial charge on any atom is -0.265 e. The number of hydrogen-bond acceptors (Lipinski definition) is 5. The van der Waals surface area contributed by atoms with Crippen LogP contribution in [0.5, 0.6) is 0 Å². The highest BCUT2D eigenvalue weighted by molar-refractivity contribution is 7.92. The van der Waals surface area contributed by atoms with Crippen molar-refractivity contribution in [3.05, 3.63) is 82.4 Å². The van der Waals surface area contributed by atoms with Crippen molar-refractivity contribution in [3.63, 3.8) is 0 Å². The minimum absolute atomic E-state index is 0.0671. The molecule has 0 saturated heterocycles. The molecular weight excluding hydrogens is 463 g/mol. The van der Waals surface area contributed by atoms with Crippen LogP contribution in [0.1, 0.15) is 16.7 Å². The van der Waals surface area contributed by atoms with Crippen molar-refractivity contribution < 1.29 is 21.2 Å². The topological polar surface area (TPSA) is 93.2 Å². The van der Waals surface area contributed by atoms with Gasteiger partial charge in [0.05, 0.1) is 14.8 Å². The van der Waals surface area contributed by atoms with E-state index in [0.29, 0.717) is 30.4 Å². The van der Waals surface area contributed by atoms with E-state index >= 15 is 0 Å². The van der Waals surface area contributed by atoms with Crippen LogP contribution in [0.3, 0.4) is 0 Å². The largest absolute Gasteiger partial charge is 0.265 e. The molecule has 0 radical (unpaired) electrons. The van der Waals surface area contributed by atoms with Crippen LogP contribution in [-0.2, 0) is 39.1 Å². The molecule has 162 valence electrons. The van der Waals surface area contributed by atoms with Gasteiger partial charge in [-0.15, -0.1) is 0 Å². The molecule has 1 aliphatic rings. The summed E-state index contributed by atoms with van der Waals surface area (Å²) in [5, 5.41) is -0.0671. The van der Waals surface area contributed by atoms with Gasteiger partial charge in [0.1, 0.15) is 10.7 Å². The third kappa shape index (κ3) is 4.36. The molecule has 1 aromatic heterocycles. The molecule has 2 heterocycles. The third-order valence-corrected chi connectivity index (χ3v) is 8.98. The molecule has 0 bridgehead atoms. The van der Waals surface area contributed by atoms with E-state index < -0.39 is 25.7 Å². The van der Waals surface area contributed by atoms with Gasteiger partial charge in [0, 0.05) is 18.9 Å². The molecular formula is C21H18ClFN2O4S2. The van der Waals surface area contributed by atoms with Gasteiger partial charge in [-0.3, -0.25) is 4.98 Å². The highest BCUT2D eigenvalue weighted by Crippen LogP contribution is 2.36. The molecule has 0 fully saturated rings. The van der Waals surface area contributed by atoms with Crippen molar-refractivity contribution in [1.82, 2.24) is 9.71 Å². The second kappa shape index (κ2) is 8.31. The van der Waals surface area contributed by atoms with Crippen molar-refractivity contribution in [3.8, 4) is 0 Å². The average Bonchev–Trinajstić information content (AvgIpc) is 2.82. The Morgan fingerprint density at radius 3 is 2.42 bits per heavy atom. The lowest BCUT2D eigenvalue weighted by Gasteiger charge is -2.13. The van der Waals surface area contributed by atoms with Crippen LogP contribution in [0.15, 0.2) is 69.5 Å². The summed E-state index contributed by atoms with van der Waals surface area (Å²) in [6, 6.07) is 9.60. The van der Waals surface area contributed by atoms with Crippen LogP contribution in [0.25, 0.3) is 0 Å². The number of nitrogens with zero attached hydrogens (tertiary/aromatic N) is 1. The molecule has 0 aliphatic carbocycles. The molecule has 10 heteroatoms. The fourth-order valence-electron chi connectivity index (χ4n) is 3.56. The first kappa shape index (κ1) is 21.9. The van der Waals surface area contributed by atoms with E-state index in [4.69, 9.17) is 11.6 Å². The Labute approximate surface area is 185 Å². The normalized spacial score (nSPS) is 15.0. The number of fused-ring (bicyclic) bond motifs is 2. The van der Waals surface area contributed by atoms with E-state index in [1.165, 1.54) is 18.2 Å². The lowest BCUT2D eigenvalue weighted by molar-refractivity contribution is 0.581. The molecule has 0 unspecified atom stereocenters. The number of benzene rings is 2. The predicted octanol–water partition coefficient (Wildman–Crippen LogP) is 3.33. The number of sulfone groups is 1. The summed E-state index contributed by atoms with van der Waals surface area (Å²) < 4.78 is 68.4. The molecule has 31 heavy (non-hydrogen) atoms. The van der Waals surface area contributed by atoms with Gasteiger partial charge >= 0.3 is 0 Å². The molecule has 2 aromatic carbocycles. The van der Waals surface area contributed by atoms with Crippen LogP contribution in [0, 0.1) is 5.82 Å². The summed E-state index contributed by atoms with van der Waals surface area (Å²) in [6.07, 6.45) is 4.35. The molecule has 0 spiro atoms. The van der Waals surface area contributed by atoms with Crippen molar-refractivity contribution >= 4 is 31.5 Å². The lowest BCUT2D eigenvalue weighted by Crippen LogP contribution is -2.26. The standard InChI is InChI=1S/C21H18ClFN2O4S2/c22-18-11-16-2-1-15-3-4-17(23)12-19(15)30(26,27)20(16)13-21(18)31(28,29)25-10-7-14-5-8-24-9-6-14/h3-6,8-9,11-13,25H,1-2,7,10H2. The number of aryl methyl sites for hydroxylation is 2. The average molecular weight is 481 g/mol. The zero-order chi connectivity index (χ0) is 22.2. The van der Waals surface area contributed by atoms with E-state index in [1.54, 1.807) is 24.5 Å². The number of halogens is 2. The van der Waals surface area contributed by atoms with Gasteiger partial charge < -0.3 is 0 Å². The zero-order valence-electron chi connectivity index (χ0n) is 16.2. The zero-order valence-corrected chi connectivity index (χ0v) is 18.6. The Balaban J connectivity index is 1.70. The Morgan fingerprint density at radius 2 is 1.68 bits per heavy atom. The first-order chi connectivity index (χ1) is 14.7. The summed E-state index contributed by atoms with van der Waals surface area (Å²) >= 11 is 6.24. The van der Waals surface area contributed by atoms with E-state index in [-0.39, 0.29) is 26.3 Å². The summed E-state index contributed by atoms with van der Waals surface area (Å²) in [5.41, 5.74) is 1.78. The Bertz CT molecular complexity index is 1360. The molecule has 0 amide bonds. The molecule has 1 aliphatic heterocycles. The fourth-order valence-corrected chi connectivity index (χ4v) is 7.04. The SMILES string of the molecule is O=S(=O)(NCCc1ccncc1)c1cc2c(cc1Cl)CCc1ccc(F)cc1S2(=O)=O. The Hall–Kier alpha value is -2.33. The maximum absolute atomic E-state index is 13.8. The van der Waals surface area contributed by atoms with Crippen molar-refractivity contribution in [1.29, 1.82) is 0 Å². The quantitative estimate of drug-likeness (QED) is 0.604. The van der Waals surface area contributed by atoms with Gasteiger partial charge in [-0.25, -0.2) is 25.9 Å². The number of aromatic nitrogens is 1. The monoisotopic (exact) mass is 480 g/mol. The molecule has 0 saturated carbocycles. The maximum Gasteiger partial charge on any atom is 0.242 e. The first-order valence-corrected chi connectivity index (χ1v) is 12.8. The molecule has 1 N–H and O–H groups in total. The van der Waals surface area contributed by atoms with Gasteiger partial charge in [-0.05, 0) is 72.4 Å². The molecule has 3 aromatic rings. The van der Waals surface area contributed by atoms with Crippen molar-refractivity contribution in [2.45, 2.75) is 33.9 Å². The predicted molar refractivity (Wildman–Crippen MR) is 114 cm³/mol. The van der Waals surface area contributed by atoms with Crippen LogP contribution < -0.4 is 4.72 Å². The number of rotatable bonds is 5. The van der Waals surface area contributed by atoms with E-state index in [0.717, 1.165) is 17.7 Å². The van der Waals surface area contributed by atoms with Crippen molar-refractivity contribution in [2.24, 2.45) is 0 Å². The van der Waals surface area contributed by atoms with Gasteiger partial charge in [-0.2, -0.15) is 0 Å². The Kier molecular flexibility index (Phi) is 5.87. The molecule has 6 nitrogen and oxygen atoms in total.